The molecule has 3 aromatic rings. The first-order valence-electron chi connectivity index (χ1n) is 7.96. The summed E-state index contributed by atoms with van der Waals surface area (Å²) in [6.45, 7) is 1.30. The number of nitrogens with one attached hydrogen (secondary N) is 2. The van der Waals surface area contributed by atoms with E-state index in [0.717, 1.165) is 16.6 Å². The molecule has 7 heteroatoms. The SMILES string of the molecule is O=C(NCc1cccc(N2CCOC2=O)c1)c1c[nH]c2ncccc12. The number of benzene rings is 1. The van der Waals surface area contributed by atoms with Gasteiger partial charge in [0.2, 0.25) is 0 Å². The molecule has 2 N–H and O–H groups in total. The molecule has 0 aliphatic carbocycles. The van der Waals surface area contributed by atoms with Gasteiger partial charge in [-0.15, -0.1) is 0 Å². The van der Waals surface area contributed by atoms with Crippen LogP contribution in [0.5, 0.6) is 0 Å². The summed E-state index contributed by atoms with van der Waals surface area (Å²) in [5, 5.41) is 3.69. The minimum atomic E-state index is -0.340. The van der Waals surface area contributed by atoms with Gasteiger partial charge in [0, 0.05) is 30.0 Å². The molecular formula is C18H16N4O3. The minimum absolute atomic E-state index is 0.176. The number of ether oxygens (including phenoxy) is 1. The van der Waals surface area contributed by atoms with Gasteiger partial charge in [0.25, 0.3) is 5.91 Å². The van der Waals surface area contributed by atoms with Gasteiger partial charge >= 0.3 is 6.09 Å². The number of anilines is 1. The summed E-state index contributed by atoms with van der Waals surface area (Å²) in [5.41, 5.74) is 2.92. The highest BCUT2D eigenvalue weighted by molar-refractivity contribution is 6.05. The Morgan fingerprint density at radius 2 is 2.24 bits per heavy atom. The summed E-state index contributed by atoms with van der Waals surface area (Å²) in [4.78, 5) is 32.8. The molecule has 1 aromatic carbocycles. The number of carbonyl (C=O) groups excluding carboxylic acids is 2. The third-order valence-electron chi connectivity index (χ3n) is 4.13. The molecule has 2 aromatic heterocycles. The number of rotatable bonds is 4. The molecule has 1 fully saturated rings. The topological polar surface area (TPSA) is 87.3 Å². The van der Waals surface area contributed by atoms with Gasteiger partial charge in [-0.05, 0) is 29.8 Å². The smallest absolute Gasteiger partial charge is 0.414 e. The van der Waals surface area contributed by atoms with E-state index in [1.807, 2.05) is 30.3 Å². The molecule has 7 nitrogen and oxygen atoms in total. The van der Waals surface area contributed by atoms with Crippen molar-refractivity contribution in [1.29, 1.82) is 0 Å². The first-order valence-corrected chi connectivity index (χ1v) is 7.96. The largest absolute Gasteiger partial charge is 0.447 e. The molecule has 0 saturated carbocycles. The van der Waals surface area contributed by atoms with Gasteiger partial charge in [-0.1, -0.05) is 12.1 Å². The van der Waals surface area contributed by atoms with Crippen LogP contribution in [-0.2, 0) is 11.3 Å². The lowest BCUT2D eigenvalue weighted by Gasteiger charge is -2.14. The molecule has 126 valence electrons. The van der Waals surface area contributed by atoms with Gasteiger partial charge in [0.15, 0.2) is 0 Å². The summed E-state index contributed by atoms with van der Waals surface area (Å²) < 4.78 is 4.96. The third-order valence-corrected chi connectivity index (χ3v) is 4.13. The maximum absolute atomic E-state index is 12.4. The number of hydrogen-bond donors (Lipinski definition) is 2. The van der Waals surface area contributed by atoms with Crippen LogP contribution in [0.4, 0.5) is 10.5 Å². The predicted molar refractivity (Wildman–Crippen MR) is 92.4 cm³/mol. The average molecular weight is 336 g/mol. The normalized spacial score (nSPS) is 13.9. The number of aromatic nitrogens is 2. The number of fused-ring (bicyclic) bond motifs is 1. The second-order valence-corrected chi connectivity index (χ2v) is 5.72. The van der Waals surface area contributed by atoms with Crippen LogP contribution in [0.1, 0.15) is 15.9 Å². The van der Waals surface area contributed by atoms with Crippen LogP contribution in [0.25, 0.3) is 11.0 Å². The summed E-state index contributed by atoms with van der Waals surface area (Å²) in [6, 6.07) is 11.1. The van der Waals surface area contributed by atoms with Crippen molar-refractivity contribution in [1.82, 2.24) is 15.3 Å². The van der Waals surface area contributed by atoms with E-state index < -0.39 is 0 Å². The van der Waals surface area contributed by atoms with Crippen molar-refractivity contribution in [2.24, 2.45) is 0 Å². The monoisotopic (exact) mass is 336 g/mol. The molecule has 1 saturated heterocycles. The Morgan fingerprint density at radius 3 is 3.08 bits per heavy atom. The van der Waals surface area contributed by atoms with E-state index in [4.69, 9.17) is 4.74 Å². The predicted octanol–water partition coefficient (Wildman–Crippen LogP) is 2.45. The fourth-order valence-electron chi connectivity index (χ4n) is 2.88. The Balaban J connectivity index is 1.48. The van der Waals surface area contributed by atoms with E-state index in [2.05, 4.69) is 15.3 Å². The number of cyclic esters (lactones) is 1. The Labute approximate surface area is 143 Å². The highest BCUT2D eigenvalue weighted by Gasteiger charge is 2.23. The Bertz CT molecular complexity index is 950. The minimum Gasteiger partial charge on any atom is -0.447 e. The zero-order chi connectivity index (χ0) is 17.2. The van der Waals surface area contributed by atoms with Crippen LogP contribution in [0.3, 0.4) is 0 Å². The molecule has 2 amide bonds. The maximum atomic E-state index is 12.4. The van der Waals surface area contributed by atoms with Gasteiger partial charge in [-0.2, -0.15) is 0 Å². The van der Waals surface area contributed by atoms with E-state index in [-0.39, 0.29) is 12.0 Å². The van der Waals surface area contributed by atoms with Gasteiger partial charge in [-0.25, -0.2) is 9.78 Å². The lowest BCUT2D eigenvalue weighted by atomic mass is 10.1. The van der Waals surface area contributed by atoms with Crippen molar-refractivity contribution in [3.63, 3.8) is 0 Å². The van der Waals surface area contributed by atoms with Crippen LogP contribution < -0.4 is 10.2 Å². The van der Waals surface area contributed by atoms with E-state index in [0.29, 0.717) is 30.9 Å². The summed E-state index contributed by atoms with van der Waals surface area (Å²) in [6.07, 6.45) is 2.99. The first kappa shape index (κ1) is 15.2. The lowest BCUT2D eigenvalue weighted by Crippen LogP contribution is -2.24. The van der Waals surface area contributed by atoms with Crippen molar-refractivity contribution >= 4 is 28.7 Å². The molecule has 25 heavy (non-hydrogen) atoms. The van der Waals surface area contributed by atoms with Crippen molar-refractivity contribution in [3.05, 3.63) is 59.9 Å². The number of pyridine rings is 1. The number of hydrogen-bond acceptors (Lipinski definition) is 4. The van der Waals surface area contributed by atoms with Crippen LogP contribution in [0.15, 0.2) is 48.8 Å². The zero-order valence-corrected chi connectivity index (χ0v) is 13.4. The molecule has 0 bridgehead atoms. The second kappa shape index (κ2) is 6.27. The molecule has 3 heterocycles. The van der Waals surface area contributed by atoms with Crippen LogP contribution in [0, 0.1) is 0 Å². The Hall–Kier alpha value is -3.35. The molecule has 1 aliphatic rings. The van der Waals surface area contributed by atoms with Crippen LogP contribution >= 0.6 is 0 Å². The van der Waals surface area contributed by atoms with Gasteiger partial charge < -0.3 is 15.0 Å². The van der Waals surface area contributed by atoms with Gasteiger partial charge in [-0.3, -0.25) is 9.69 Å². The third kappa shape index (κ3) is 2.91. The van der Waals surface area contributed by atoms with Gasteiger partial charge in [0.05, 0.1) is 12.1 Å². The maximum Gasteiger partial charge on any atom is 0.414 e. The number of carbonyl (C=O) groups is 2. The van der Waals surface area contributed by atoms with Crippen molar-refractivity contribution in [3.8, 4) is 0 Å². The van der Waals surface area contributed by atoms with E-state index in [1.165, 1.54) is 0 Å². The average Bonchev–Trinajstić information content (AvgIpc) is 3.26. The van der Waals surface area contributed by atoms with E-state index >= 15 is 0 Å². The number of amides is 2. The van der Waals surface area contributed by atoms with Crippen molar-refractivity contribution in [2.75, 3.05) is 18.1 Å². The Morgan fingerprint density at radius 1 is 1.32 bits per heavy atom. The van der Waals surface area contributed by atoms with E-state index in [1.54, 1.807) is 23.4 Å². The molecule has 0 unspecified atom stereocenters. The first-order chi connectivity index (χ1) is 12.2. The Kier molecular flexibility index (Phi) is 3.81. The van der Waals surface area contributed by atoms with Gasteiger partial charge in [0.1, 0.15) is 12.3 Å². The highest BCUT2D eigenvalue weighted by atomic mass is 16.6. The fraction of sp³-hybridized carbons (Fsp3) is 0.167. The quantitative estimate of drug-likeness (QED) is 0.766. The summed E-state index contributed by atoms with van der Waals surface area (Å²) >= 11 is 0. The number of aromatic amines is 1. The second-order valence-electron chi connectivity index (χ2n) is 5.72. The number of nitrogens with zero attached hydrogens (tertiary/aromatic N) is 2. The highest BCUT2D eigenvalue weighted by Crippen LogP contribution is 2.20. The van der Waals surface area contributed by atoms with Crippen LogP contribution in [-0.4, -0.2) is 35.1 Å². The molecule has 0 radical (unpaired) electrons. The fourth-order valence-corrected chi connectivity index (χ4v) is 2.88. The lowest BCUT2D eigenvalue weighted by molar-refractivity contribution is 0.0952. The van der Waals surface area contributed by atoms with Crippen LogP contribution in [0.2, 0.25) is 0 Å². The van der Waals surface area contributed by atoms with Crippen molar-refractivity contribution in [2.45, 2.75) is 6.54 Å². The number of H-pyrrole nitrogens is 1. The molecule has 4 rings (SSSR count). The molecular weight excluding hydrogens is 320 g/mol. The molecule has 1 aliphatic heterocycles. The molecule has 0 atom stereocenters. The summed E-state index contributed by atoms with van der Waals surface area (Å²) in [5.74, 6) is -0.176. The summed E-state index contributed by atoms with van der Waals surface area (Å²) in [7, 11) is 0. The molecule has 0 spiro atoms. The zero-order valence-electron chi connectivity index (χ0n) is 13.4. The standard InChI is InChI=1S/C18H16N4O3/c23-17(15-11-20-16-14(15)5-2-6-19-16)21-10-12-3-1-4-13(9-12)22-7-8-25-18(22)24/h1-6,9,11H,7-8,10H2,(H,19,20)(H,21,23). The van der Waals surface area contributed by atoms with E-state index in [9.17, 15) is 9.59 Å². The van der Waals surface area contributed by atoms with Crippen molar-refractivity contribution < 1.29 is 14.3 Å².